The molecule has 1 atom stereocenters. The van der Waals surface area contributed by atoms with E-state index in [1.807, 2.05) is 6.92 Å². The van der Waals surface area contributed by atoms with Crippen LogP contribution in [0.2, 0.25) is 0 Å². The van der Waals surface area contributed by atoms with Gasteiger partial charge in [-0.3, -0.25) is 14.5 Å². The number of urea groups is 1. The molecule has 2 fully saturated rings. The molecule has 23 heavy (non-hydrogen) atoms. The van der Waals surface area contributed by atoms with Crippen LogP contribution in [-0.4, -0.2) is 39.8 Å². The summed E-state index contributed by atoms with van der Waals surface area (Å²) in [5, 5.41) is 0.485. The van der Waals surface area contributed by atoms with Crippen molar-refractivity contribution in [3.8, 4) is 0 Å². The van der Waals surface area contributed by atoms with Gasteiger partial charge in [-0.15, -0.1) is 0 Å². The van der Waals surface area contributed by atoms with Crippen molar-refractivity contribution in [1.29, 1.82) is 0 Å². The first-order valence-corrected chi connectivity index (χ1v) is 8.37. The number of carbonyl (C=O) groups excluding carboxylic acids is 4. The maximum Gasteiger partial charge on any atom is 0.367 e. The lowest BCUT2D eigenvalue weighted by molar-refractivity contribution is -0.195. The van der Waals surface area contributed by atoms with Crippen molar-refractivity contribution in [3.63, 3.8) is 0 Å². The van der Waals surface area contributed by atoms with E-state index in [0.717, 1.165) is 50.3 Å². The number of amides is 4. The van der Waals surface area contributed by atoms with E-state index < -0.39 is 29.7 Å². The van der Waals surface area contributed by atoms with Crippen LogP contribution in [0.3, 0.4) is 0 Å². The summed E-state index contributed by atoms with van der Waals surface area (Å²) >= 11 is 0. The first-order valence-electron chi connectivity index (χ1n) is 8.37. The second-order valence-corrected chi connectivity index (χ2v) is 6.19. The Labute approximate surface area is 135 Å². The van der Waals surface area contributed by atoms with Crippen LogP contribution < -0.4 is 0 Å². The normalized spacial score (nSPS) is 23.4. The molecular formula is C16H24N2O5. The number of barbiturate groups is 1. The minimum atomic E-state index is -0.936. The van der Waals surface area contributed by atoms with Gasteiger partial charge in [0, 0.05) is 13.0 Å². The van der Waals surface area contributed by atoms with Gasteiger partial charge in [-0.05, 0) is 19.3 Å². The molecule has 128 valence electrons. The number of unbranched alkanes of at least 4 members (excludes halogenated alkanes) is 1. The summed E-state index contributed by atoms with van der Waals surface area (Å²) in [4.78, 5) is 54.8. The Morgan fingerprint density at radius 2 is 1.78 bits per heavy atom. The second kappa shape index (κ2) is 7.57. The molecule has 1 aliphatic heterocycles. The maximum atomic E-state index is 12.7. The summed E-state index contributed by atoms with van der Waals surface area (Å²) in [7, 11) is 0. The minimum Gasteiger partial charge on any atom is -0.329 e. The molecule has 0 N–H and O–H groups in total. The molecule has 0 aromatic heterocycles. The fourth-order valence-electron chi connectivity index (χ4n) is 3.24. The molecule has 4 amide bonds. The number of hydroxylamine groups is 2. The number of carbonyl (C=O) groups is 4. The van der Waals surface area contributed by atoms with Crippen molar-refractivity contribution in [2.75, 3.05) is 0 Å². The number of nitrogens with zero attached hydrogens (tertiary/aromatic N) is 2. The van der Waals surface area contributed by atoms with E-state index in [1.54, 1.807) is 0 Å². The van der Waals surface area contributed by atoms with E-state index in [-0.39, 0.29) is 6.04 Å². The molecule has 0 spiro atoms. The molecule has 1 saturated heterocycles. The number of hydrogen-bond donors (Lipinski definition) is 0. The van der Waals surface area contributed by atoms with Crippen molar-refractivity contribution < 1.29 is 24.0 Å². The molecule has 0 aromatic rings. The standard InChI is InChI=1S/C16H24N2O5/c1-3-4-10-13-14(20)17(12-8-6-5-7-9-12)16(22)18(15(13)21)23-11(2)19/h12-13H,3-10H2,1-2H3. The van der Waals surface area contributed by atoms with Gasteiger partial charge in [-0.25, -0.2) is 9.59 Å². The highest BCUT2D eigenvalue weighted by Gasteiger charge is 2.49. The molecular weight excluding hydrogens is 300 g/mol. The average Bonchev–Trinajstić information content (AvgIpc) is 2.52. The lowest BCUT2D eigenvalue weighted by Gasteiger charge is -2.40. The van der Waals surface area contributed by atoms with Crippen LogP contribution in [0.15, 0.2) is 0 Å². The molecule has 1 heterocycles. The molecule has 2 rings (SSSR count). The molecule has 7 nitrogen and oxygen atoms in total. The Balaban J connectivity index is 2.27. The first kappa shape index (κ1) is 17.4. The zero-order valence-electron chi connectivity index (χ0n) is 13.7. The zero-order valence-corrected chi connectivity index (χ0v) is 13.7. The highest BCUT2D eigenvalue weighted by molar-refractivity contribution is 6.15. The summed E-state index contributed by atoms with van der Waals surface area (Å²) in [6, 6.07) is -1.03. The van der Waals surface area contributed by atoms with Crippen LogP contribution in [0.4, 0.5) is 4.79 Å². The number of rotatable bonds is 5. The summed E-state index contributed by atoms with van der Waals surface area (Å²) in [6.45, 7) is 3.09. The van der Waals surface area contributed by atoms with Crippen LogP contribution in [0.25, 0.3) is 0 Å². The quantitative estimate of drug-likeness (QED) is 0.725. The van der Waals surface area contributed by atoms with Crippen molar-refractivity contribution in [3.05, 3.63) is 0 Å². The third-order valence-corrected chi connectivity index (χ3v) is 4.42. The predicted octanol–water partition coefficient (Wildman–Crippen LogP) is 2.39. The second-order valence-electron chi connectivity index (χ2n) is 6.19. The van der Waals surface area contributed by atoms with Gasteiger partial charge in [0.15, 0.2) is 0 Å². The van der Waals surface area contributed by atoms with Crippen molar-refractivity contribution in [1.82, 2.24) is 9.96 Å². The van der Waals surface area contributed by atoms with Gasteiger partial charge >= 0.3 is 12.0 Å². The molecule has 0 bridgehead atoms. The summed E-state index contributed by atoms with van der Waals surface area (Å²) < 4.78 is 0. The topological polar surface area (TPSA) is 84.0 Å². The van der Waals surface area contributed by atoms with Crippen LogP contribution in [-0.2, 0) is 19.2 Å². The fraction of sp³-hybridized carbons (Fsp3) is 0.750. The largest absolute Gasteiger partial charge is 0.367 e. The van der Waals surface area contributed by atoms with E-state index in [0.29, 0.717) is 17.9 Å². The molecule has 1 saturated carbocycles. The summed E-state index contributed by atoms with van der Waals surface area (Å²) in [5.41, 5.74) is 0. The third-order valence-electron chi connectivity index (χ3n) is 4.42. The van der Waals surface area contributed by atoms with Crippen LogP contribution in [0.1, 0.15) is 65.2 Å². The minimum absolute atomic E-state index is 0.209. The molecule has 2 aliphatic rings. The molecule has 1 unspecified atom stereocenters. The predicted molar refractivity (Wildman–Crippen MR) is 80.7 cm³/mol. The summed E-state index contributed by atoms with van der Waals surface area (Å²) in [5.74, 6) is -2.85. The Kier molecular flexibility index (Phi) is 5.74. The van der Waals surface area contributed by atoms with Crippen molar-refractivity contribution in [2.45, 2.75) is 71.3 Å². The highest BCUT2D eigenvalue weighted by Crippen LogP contribution is 2.30. The molecule has 1 aliphatic carbocycles. The smallest absolute Gasteiger partial charge is 0.329 e. The lowest BCUT2D eigenvalue weighted by atomic mass is 9.91. The SMILES string of the molecule is CCCCC1C(=O)N(OC(C)=O)C(=O)N(C2CCCCC2)C1=O. The van der Waals surface area contributed by atoms with E-state index >= 15 is 0 Å². The maximum absolute atomic E-state index is 12.7. The third kappa shape index (κ3) is 3.71. The Bertz CT molecular complexity index is 499. The molecule has 7 heteroatoms. The Morgan fingerprint density at radius 1 is 1.13 bits per heavy atom. The monoisotopic (exact) mass is 324 g/mol. The Morgan fingerprint density at radius 3 is 2.35 bits per heavy atom. The van der Waals surface area contributed by atoms with Gasteiger partial charge in [-0.2, -0.15) is 0 Å². The van der Waals surface area contributed by atoms with Crippen molar-refractivity contribution >= 4 is 23.8 Å². The molecule has 0 aromatic carbocycles. The summed E-state index contributed by atoms with van der Waals surface area (Å²) in [6.07, 6.45) is 6.34. The van der Waals surface area contributed by atoms with Gasteiger partial charge < -0.3 is 4.84 Å². The van der Waals surface area contributed by atoms with Gasteiger partial charge in [0.05, 0.1) is 0 Å². The fourth-order valence-corrected chi connectivity index (χ4v) is 3.24. The van der Waals surface area contributed by atoms with Crippen molar-refractivity contribution in [2.24, 2.45) is 5.92 Å². The lowest BCUT2D eigenvalue weighted by Crippen LogP contribution is -2.62. The first-order chi connectivity index (χ1) is 11.0. The van der Waals surface area contributed by atoms with Gasteiger partial charge in [0.2, 0.25) is 5.91 Å². The van der Waals surface area contributed by atoms with Crippen LogP contribution >= 0.6 is 0 Å². The number of imide groups is 2. The Hall–Kier alpha value is -1.92. The highest BCUT2D eigenvalue weighted by atomic mass is 16.7. The molecule has 0 radical (unpaired) electrons. The van der Waals surface area contributed by atoms with E-state index in [4.69, 9.17) is 4.84 Å². The van der Waals surface area contributed by atoms with Gasteiger partial charge in [0.25, 0.3) is 5.91 Å². The number of hydrogen-bond acceptors (Lipinski definition) is 5. The average molecular weight is 324 g/mol. The van der Waals surface area contributed by atoms with Crippen LogP contribution in [0.5, 0.6) is 0 Å². The van der Waals surface area contributed by atoms with E-state index in [2.05, 4.69) is 0 Å². The van der Waals surface area contributed by atoms with E-state index in [9.17, 15) is 19.2 Å². The van der Waals surface area contributed by atoms with Gasteiger partial charge in [-0.1, -0.05) is 44.1 Å². The van der Waals surface area contributed by atoms with Gasteiger partial charge in [0.1, 0.15) is 5.92 Å². The van der Waals surface area contributed by atoms with E-state index in [1.165, 1.54) is 0 Å². The van der Waals surface area contributed by atoms with Crippen LogP contribution in [0, 0.1) is 5.92 Å². The zero-order chi connectivity index (χ0) is 17.0.